The molecule has 1 aliphatic rings. The number of halogens is 1. The summed E-state index contributed by atoms with van der Waals surface area (Å²) < 4.78 is 0. The van der Waals surface area contributed by atoms with Gasteiger partial charge in [-0.05, 0) is 54.7 Å². The second kappa shape index (κ2) is 9.34. The number of nitrogens with one attached hydrogen (secondary N) is 1. The molecule has 1 amide bonds. The average molecular weight is 387 g/mol. The van der Waals surface area contributed by atoms with Crippen LogP contribution in [0.1, 0.15) is 49.1 Å². The summed E-state index contributed by atoms with van der Waals surface area (Å²) >= 11 is 6.02. The van der Waals surface area contributed by atoms with E-state index in [4.69, 9.17) is 11.6 Å². The van der Waals surface area contributed by atoms with Crippen molar-refractivity contribution in [1.29, 1.82) is 0 Å². The van der Waals surface area contributed by atoms with Crippen LogP contribution in [0.25, 0.3) is 0 Å². The Kier molecular flexibility index (Phi) is 6.86. The Balaban J connectivity index is 1.74. The number of aliphatic hydroxyl groups excluding tert-OH is 1. The fourth-order valence-corrected chi connectivity index (χ4v) is 4.03. The number of rotatable bonds is 7. The van der Waals surface area contributed by atoms with E-state index >= 15 is 0 Å². The van der Waals surface area contributed by atoms with Crippen molar-refractivity contribution in [3.05, 3.63) is 64.9 Å². The Hall–Kier alpha value is -1.91. The van der Waals surface area contributed by atoms with E-state index in [-0.39, 0.29) is 23.8 Å². The third kappa shape index (κ3) is 5.30. The molecule has 4 nitrogen and oxygen atoms in total. The minimum atomic E-state index is -0.302. The lowest BCUT2D eigenvalue weighted by molar-refractivity contribution is -0.123. The molecule has 0 radical (unpaired) electrons. The Bertz CT molecular complexity index is 728. The summed E-state index contributed by atoms with van der Waals surface area (Å²) in [6, 6.07) is 11.3. The van der Waals surface area contributed by atoms with Crippen LogP contribution in [0, 0.1) is 5.41 Å². The highest BCUT2D eigenvalue weighted by Gasteiger charge is 2.32. The van der Waals surface area contributed by atoms with Gasteiger partial charge in [0, 0.05) is 29.4 Å². The first-order valence-corrected chi connectivity index (χ1v) is 10.0. The molecule has 144 valence electrons. The lowest BCUT2D eigenvalue weighted by atomic mass is 9.74. The molecule has 3 rings (SSSR count). The van der Waals surface area contributed by atoms with Gasteiger partial charge in [0.05, 0.1) is 12.5 Å². The molecule has 1 aromatic carbocycles. The highest BCUT2D eigenvalue weighted by Crippen LogP contribution is 2.35. The lowest BCUT2D eigenvalue weighted by Crippen LogP contribution is -2.43. The van der Waals surface area contributed by atoms with Crippen LogP contribution in [-0.2, 0) is 11.2 Å². The van der Waals surface area contributed by atoms with Crippen molar-refractivity contribution in [2.75, 3.05) is 13.2 Å². The van der Waals surface area contributed by atoms with Gasteiger partial charge in [-0.1, -0.05) is 43.0 Å². The number of carbonyl (C=O) groups is 1. The van der Waals surface area contributed by atoms with Gasteiger partial charge >= 0.3 is 0 Å². The fourth-order valence-electron chi connectivity index (χ4n) is 3.90. The molecule has 5 heteroatoms. The van der Waals surface area contributed by atoms with E-state index in [1.54, 1.807) is 12.4 Å². The van der Waals surface area contributed by atoms with Crippen molar-refractivity contribution in [3.63, 3.8) is 0 Å². The minimum absolute atomic E-state index is 0.00691. The molecule has 1 saturated carbocycles. The molecule has 0 aliphatic heterocycles. The molecule has 1 heterocycles. The second-order valence-electron chi connectivity index (χ2n) is 7.60. The third-order valence-electron chi connectivity index (χ3n) is 5.67. The molecular weight excluding hydrogens is 360 g/mol. The summed E-state index contributed by atoms with van der Waals surface area (Å²) in [5, 5.41) is 13.7. The Morgan fingerprint density at radius 1 is 1.11 bits per heavy atom. The average Bonchev–Trinajstić information content (AvgIpc) is 2.72. The van der Waals surface area contributed by atoms with Gasteiger partial charge in [0.15, 0.2) is 0 Å². The van der Waals surface area contributed by atoms with Gasteiger partial charge < -0.3 is 10.4 Å². The Labute approximate surface area is 166 Å². The Morgan fingerprint density at radius 2 is 1.78 bits per heavy atom. The van der Waals surface area contributed by atoms with Crippen LogP contribution in [0.5, 0.6) is 0 Å². The van der Waals surface area contributed by atoms with Crippen LogP contribution in [0.15, 0.2) is 48.8 Å². The number of carbonyl (C=O) groups excluding carboxylic acids is 1. The smallest absolute Gasteiger partial charge is 0.227 e. The molecule has 1 fully saturated rings. The van der Waals surface area contributed by atoms with E-state index in [0.29, 0.717) is 18.0 Å². The van der Waals surface area contributed by atoms with Gasteiger partial charge in [-0.25, -0.2) is 0 Å². The first-order valence-electron chi connectivity index (χ1n) is 9.65. The lowest BCUT2D eigenvalue weighted by Gasteiger charge is -2.36. The maximum absolute atomic E-state index is 13.1. The predicted molar refractivity (Wildman–Crippen MR) is 108 cm³/mol. The molecule has 0 spiro atoms. The largest absolute Gasteiger partial charge is 0.396 e. The maximum Gasteiger partial charge on any atom is 0.227 e. The normalized spacial score (nSPS) is 17.3. The number of hydrogen-bond donors (Lipinski definition) is 2. The molecule has 2 aromatic rings. The highest BCUT2D eigenvalue weighted by atomic mass is 35.5. The summed E-state index contributed by atoms with van der Waals surface area (Å²) in [4.78, 5) is 17.1. The summed E-state index contributed by atoms with van der Waals surface area (Å²) in [6.07, 6.45) is 9.48. The van der Waals surface area contributed by atoms with Gasteiger partial charge in [-0.15, -0.1) is 0 Å². The van der Waals surface area contributed by atoms with Gasteiger partial charge in [-0.2, -0.15) is 0 Å². The number of aliphatic hydroxyl groups is 1. The van der Waals surface area contributed by atoms with E-state index in [2.05, 4.69) is 10.3 Å². The quantitative estimate of drug-likeness (QED) is 0.752. The zero-order valence-corrected chi connectivity index (χ0v) is 16.3. The zero-order valence-electron chi connectivity index (χ0n) is 15.5. The zero-order chi connectivity index (χ0) is 19.1. The standard InChI is InChI=1S/C22H27ClN2O2/c23-19-6-4-18(5-7-19)20(14-17-8-12-24-13-9-17)21(27)25-15-22(16-26)10-2-1-3-11-22/h4-9,12-13,20,26H,1-3,10-11,14-16H2,(H,25,27). The number of hydrogen-bond acceptors (Lipinski definition) is 3. The monoisotopic (exact) mass is 386 g/mol. The van der Waals surface area contributed by atoms with Crippen molar-refractivity contribution >= 4 is 17.5 Å². The van der Waals surface area contributed by atoms with E-state index in [1.807, 2.05) is 36.4 Å². The molecule has 27 heavy (non-hydrogen) atoms. The van der Waals surface area contributed by atoms with E-state index in [0.717, 1.165) is 36.8 Å². The molecule has 1 unspecified atom stereocenters. The highest BCUT2D eigenvalue weighted by molar-refractivity contribution is 6.30. The number of pyridine rings is 1. The predicted octanol–water partition coefficient (Wildman–Crippen LogP) is 4.12. The summed E-state index contributed by atoms with van der Waals surface area (Å²) in [5.41, 5.74) is 1.83. The van der Waals surface area contributed by atoms with Gasteiger partial charge in [0.25, 0.3) is 0 Å². The first-order chi connectivity index (χ1) is 13.1. The Morgan fingerprint density at radius 3 is 2.41 bits per heavy atom. The molecule has 1 atom stereocenters. The summed E-state index contributed by atoms with van der Waals surface area (Å²) in [6.45, 7) is 0.659. The molecule has 2 N–H and O–H groups in total. The number of aromatic nitrogens is 1. The van der Waals surface area contributed by atoms with Crippen molar-refractivity contribution in [1.82, 2.24) is 10.3 Å². The molecular formula is C22H27ClN2O2. The van der Waals surface area contributed by atoms with Crippen LogP contribution in [0.3, 0.4) is 0 Å². The van der Waals surface area contributed by atoms with Crippen molar-refractivity contribution in [2.24, 2.45) is 5.41 Å². The van der Waals surface area contributed by atoms with Crippen LogP contribution in [0.4, 0.5) is 0 Å². The van der Waals surface area contributed by atoms with Gasteiger partial charge in [0.2, 0.25) is 5.91 Å². The molecule has 1 aromatic heterocycles. The second-order valence-corrected chi connectivity index (χ2v) is 8.04. The topological polar surface area (TPSA) is 62.2 Å². The van der Waals surface area contributed by atoms with Gasteiger partial charge in [0.1, 0.15) is 0 Å². The van der Waals surface area contributed by atoms with Crippen LogP contribution in [0.2, 0.25) is 5.02 Å². The van der Waals surface area contributed by atoms with Crippen LogP contribution in [-0.4, -0.2) is 29.1 Å². The summed E-state index contributed by atoms with van der Waals surface area (Å²) in [5.74, 6) is -0.309. The SMILES string of the molecule is O=C(NCC1(CO)CCCCC1)C(Cc1ccncc1)c1ccc(Cl)cc1. The summed E-state index contributed by atoms with van der Waals surface area (Å²) in [7, 11) is 0. The molecule has 0 bridgehead atoms. The van der Waals surface area contributed by atoms with Crippen LogP contribution < -0.4 is 5.32 Å². The van der Waals surface area contributed by atoms with Crippen molar-refractivity contribution in [2.45, 2.75) is 44.4 Å². The van der Waals surface area contributed by atoms with Crippen molar-refractivity contribution in [3.8, 4) is 0 Å². The minimum Gasteiger partial charge on any atom is -0.396 e. The third-order valence-corrected chi connectivity index (χ3v) is 5.92. The number of benzene rings is 1. The van der Waals surface area contributed by atoms with Crippen LogP contribution >= 0.6 is 11.6 Å². The number of amides is 1. The van der Waals surface area contributed by atoms with E-state index in [9.17, 15) is 9.90 Å². The van der Waals surface area contributed by atoms with E-state index < -0.39 is 0 Å². The fraction of sp³-hybridized carbons (Fsp3) is 0.455. The molecule has 1 aliphatic carbocycles. The molecule has 0 saturated heterocycles. The number of nitrogens with zero attached hydrogens (tertiary/aromatic N) is 1. The van der Waals surface area contributed by atoms with E-state index in [1.165, 1.54) is 6.42 Å². The first kappa shape index (κ1) is 19.8. The van der Waals surface area contributed by atoms with Gasteiger partial charge in [-0.3, -0.25) is 9.78 Å². The van der Waals surface area contributed by atoms with Crippen molar-refractivity contribution < 1.29 is 9.90 Å². The maximum atomic E-state index is 13.1.